The summed E-state index contributed by atoms with van der Waals surface area (Å²) in [6.45, 7) is 6.03. The Morgan fingerprint density at radius 3 is 2.77 bits per heavy atom. The van der Waals surface area contributed by atoms with Gasteiger partial charge in [-0.05, 0) is 69.2 Å². The number of amides is 1. The smallest absolute Gasteiger partial charge is 0.261 e. The van der Waals surface area contributed by atoms with Gasteiger partial charge < -0.3 is 10.6 Å². The van der Waals surface area contributed by atoms with Crippen LogP contribution in [-0.4, -0.2) is 51.4 Å². The molecular weight excluding hydrogens is 370 g/mol. The van der Waals surface area contributed by atoms with Gasteiger partial charge >= 0.3 is 0 Å². The second-order valence-electron chi connectivity index (χ2n) is 7.46. The fourth-order valence-corrected chi connectivity index (χ4v) is 6.43. The van der Waals surface area contributed by atoms with Crippen molar-refractivity contribution in [3.8, 4) is 0 Å². The molecule has 1 aromatic rings. The van der Waals surface area contributed by atoms with Crippen LogP contribution in [0, 0.1) is 11.8 Å². The van der Waals surface area contributed by atoms with E-state index in [1.807, 2.05) is 0 Å². The highest BCUT2D eigenvalue weighted by Crippen LogP contribution is 2.28. The largest absolute Gasteiger partial charge is 0.351 e. The monoisotopic (exact) mass is 399 g/mol. The van der Waals surface area contributed by atoms with Crippen LogP contribution < -0.4 is 10.6 Å². The summed E-state index contributed by atoms with van der Waals surface area (Å²) in [7, 11) is -3.47. The van der Waals surface area contributed by atoms with E-state index < -0.39 is 10.0 Å². The van der Waals surface area contributed by atoms with Gasteiger partial charge in [0.1, 0.15) is 4.21 Å². The molecule has 3 heterocycles. The highest BCUT2D eigenvalue weighted by atomic mass is 32.2. The molecule has 2 fully saturated rings. The third-order valence-corrected chi connectivity index (χ3v) is 8.83. The molecule has 3 rings (SSSR count). The van der Waals surface area contributed by atoms with E-state index in [9.17, 15) is 13.2 Å². The zero-order chi connectivity index (χ0) is 18.6. The van der Waals surface area contributed by atoms with Gasteiger partial charge in [-0.2, -0.15) is 4.31 Å². The fourth-order valence-electron chi connectivity index (χ4n) is 3.58. The first-order valence-electron chi connectivity index (χ1n) is 9.55. The molecule has 1 unspecified atom stereocenters. The van der Waals surface area contributed by atoms with Crippen molar-refractivity contribution in [3.05, 3.63) is 17.0 Å². The first-order chi connectivity index (χ1) is 12.5. The summed E-state index contributed by atoms with van der Waals surface area (Å²) in [6, 6.07) is 3.19. The number of nitrogens with zero attached hydrogens (tertiary/aromatic N) is 1. The molecule has 2 N–H and O–H groups in total. The summed E-state index contributed by atoms with van der Waals surface area (Å²) < 4.78 is 27.3. The highest BCUT2D eigenvalue weighted by Gasteiger charge is 2.29. The lowest BCUT2D eigenvalue weighted by Crippen LogP contribution is -2.37. The molecule has 2 aliphatic heterocycles. The van der Waals surface area contributed by atoms with Crippen LogP contribution >= 0.6 is 11.3 Å². The Balaban J connectivity index is 1.53. The zero-order valence-corrected chi connectivity index (χ0v) is 17.0. The van der Waals surface area contributed by atoms with Crippen LogP contribution in [0.5, 0.6) is 0 Å². The van der Waals surface area contributed by atoms with E-state index in [1.54, 1.807) is 16.4 Å². The predicted molar refractivity (Wildman–Crippen MR) is 104 cm³/mol. The van der Waals surface area contributed by atoms with Crippen molar-refractivity contribution in [2.75, 3.05) is 32.7 Å². The summed E-state index contributed by atoms with van der Waals surface area (Å²) in [4.78, 5) is 12.8. The molecule has 1 aromatic heterocycles. The number of thiophene rings is 1. The quantitative estimate of drug-likeness (QED) is 0.769. The van der Waals surface area contributed by atoms with Crippen molar-refractivity contribution in [2.45, 2.75) is 43.2 Å². The van der Waals surface area contributed by atoms with Crippen LogP contribution in [0.3, 0.4) is 0 Å². The van der Waals surface area contributed by atoms with Gasteiger partial charge in [0.05, 0.1) is 4.88 Å². The molecule has 1 atom stereocenters. The van der Waals surface area contributed by atoms with Gasteiger partial charge in [0, 0.05) is 19.6 Å². The molecule has 8 heteroatoms. The van der Waals surface area contributed by atoms with Crippen molar-refractivity contribution < 1.29 is 13.2 Å². The SMILES string of the molecule is CC1CCN(S(=O)(=O)c2ccc(C(=O)NCCC3CCCNC3)s2)CC1. The van der Waals surface area contributed by atoms with E-state index in [-0.39, 0.29) is 10.1 Å². The number of carbonyl (C=O) groups is 1. The molecule has 0 aliphatic carbocycles. The normalized spacial score (nSPS) is 23.0. The van der Waals surface area contributed by atoms with E-state index in [2.05, 4.69) is 17.6 Å². The minimum Gasteiger partial charge on any atom is -0.351 e. The Labute approximate surface area is 160 Å². The maximum atomic E-state index is 12.7. The number of sulfonamides is 1. The van der Waals surface area contributed by atoms with Gasteiger partial charge in [-0.1, -0.05) is 6.92 Å². The van der Waals surface area contributed by atoms with Gasteiger partial charge in [-0.3, -0.25) is 4.79 Å². The van der Waals surface area contributed by atoms with Crippen molar-refractivity contribution in [1.29, 1.82) is 0 Å². The van der Waals surface area contributed by atoms with Crippen LogP contribution in [-0.2, 0) is 10.0 Å². The number of carbonyl (C=O) groups excluding carboxylic acids is 1. The van der Waals surface area contributed by atoms with Crippen molar-refractivity contribution >= 4 is 27.3 Å². The predicted octanol–water partition coefficient (Wildman–Crippen LogP) is 2.29. The van der Waals surface area contributed by atoms with Gasteiger partial charge in [-0.25, -0.2) is 8.42 Å². The standard InChI is InChI=1S/C18H29N3O3S2/c1-14-7-11-21(12-8-14)26(23,24)17-5-4-16(25-17)18(22)20-10-6-15-3-2-9-19-13-15/h4-5,14-15,19H,2-3,6-13H2,1H3,(H,20,22). The number of hydrogen-bond acceptors (Lipinski definition) is 5. The number of rotatable bonds is 6. The van der Waals surface area contributed by atoms with Gasteiger partial charge in [0.2, 0.25) is 0 Å². The first-order valence-corrected chi connectivity index (χ1v) is 11.8. The van der Waals surface area contributed by atoms with E-state index in [4.69, 9.17) is 0 Å². The van der Waals surface area contributed by atoms with Crippen LogP contribution in [0.15, 0.2) is 16.3 Å². The minimum absolute atomic E-state index is 0.174. The van der Waals surface area contributed by atoms with Crippen molar-refractivity contribution in [2.24, 2.45) is 11.8 Å². The Kier molecular flexibility index (Phi) is 6.71. The minimum atomic E-state index is -3.47. The summed E-state index contributed by atoms with van der Waals surface area (Å²) >= 11 is 1.07. The molecule has 26 heavy (non-hydrogen) atoms. The van der Waals surface area contributed by atoms with Gasteiger partial charge in [0.15, 0.2) is 0 Å². The third kappa shape index (κ3) is 4.85. The van der Waals surface area contributed by atoms with E-state index >= 15 is 0 Å². The molecule has 146 valence electrons. The van der Waals surface area contributed by atoms with E-state index in [1.165, 1.54) is 12.8 Å². The van der Waals surface area contributed by atoms with Crippen molar-refractivity contribution in [1.82, 2.24) is 14.9 Å². The Bertz CT molecular complexity index is 703. The maximum Gasteiger partial charge on any atom is 0.261 e. The van der Waals surface area contributed by atoms with Crippen LogP contribution in [0.2, 0.25) is 0 Å². The molecule has 6 nitrogen and oxygen atoms in total. The molecular formula is C18H29N3O3S2. The maximum absolute atomic E-state index is 12.7. The van der Waals surface area contributed by atoms with Crippen LogP contribution in [0.25, 0.3) is 0 Å². The Hall–Kier alpha value is -0.960. The first kappa shape index (κ1) is 19.8. The lowest BCUT2D eigenvalue weighted by Gasteiger charge is -2.28. The second-order valence-corrected chi connectivity index (χ2v) is 10.7. The summed E-state index contributed by atoms with van der Waals surface area (Å²) in [6.07, 6.45) is 5.15. The number of hydrogen-bond donors (Lipinski definition) is 2. The lowest BCUT2D eigenvalue weighted by atomic mass is 9.96. The number of nitrogens with one attached hydrogen (secondary N) is 2. The molecule has 2 saturated heterocycles. The topological polar surface area (TPSA) is 78.5 Å². The average molecular weight is 400 g/mol. The lowest BCUT2D eigenvalue weighted by molar-refractivity contribution is 0.0954. The van der Waals surface area contributed by atoms with Gasteiger partial charge in [0.25, 0.3) is 15.9 Å². The number of piperidine rings is 2. The second kappa shape index (κ2) is 8.82. The Morgan fingerprint density at radius 1 is 1.31 bits per heavy atom. The molecule has 0 bridgehead atoms. The highest BCUT2D eigenvalue weighted by molar-refractivity contribution is 7.91. The third-order valence-electron chi connectivity index (χ3n) is 5.38. The molecule has 2 aliphatic rings. The average Bonchev–Trinajstić information content (AvgIpc) is 3.14. The fraction of sp³-hybridized carbons (Fsp3) is 0.722. The summed E-state index contributed by atoms with van der Waals surface area (Å²) in [5.74, 6) is 1.02. The summed E-state index contributed by atoms with van der Waals surface area (Å²) in [5.41, 5.74) is 0. The van der Waals surface area contributed by atoms with Crippen LogP contribution in [0.4, 0.5) is 0 Å². The molecule has 0 radical (unpaired) electrons. The van der Waals surface area contributed by atoms with Gasteiger partial charge in [-0.15, -0.1) is 11.3 Å². The van der Waals surface area contributed by atoms with E-state index in [0.717, 1.165) is 43.7 Å². The summed E-state index contributed by atoms with van der Waals surface area (Å²) in [5, 5.41) is 6.31. The molecule has 0 saturated carbocycles. The molecule has 0 spiro atoms. The van der Waals surface area contributed by atoms with Crippen molar-refractivity contribution in [3.63, 3.8) is 0 Å². The Morgan fingerprint density at radius 2 is 2.08 bits per heavy atom. The molecule has 0 aromatic carbocycles. The zero-order valence-electron chi connectivity index (χ0n) is 15.4. The molecule has 1 amide bonds. The van der Waals surface area contributed by atoms with Crippen LogP contribution in [0.1, 0.15) is 48.7 Å². The van der Waals surface area contributed by atoms with E-state index in [0.29, 0.717) is 36.3 Å².